The number of nitrogens with two attached hydrogens (primary N) is 2. The Morgan fingerprint density at radius 2 is 1.70 bits per heavy atom. The van der Waals surface area contributed by atoms with Crippen LogP contribution in [0.15, 0.2) is 23.4 Å². The molecule has 3 rings (SSSR count). The lowest BCUT2D eigenvalue weighted by Crippen LogP contribution is -2.73. The van der Waals surface area contributed by atoms with E-state index in [9.17, 15) is 37.4 Å². The van der Waals surface area contributed by atoms with Crippen LogP contribution in [0.25, 0.3) is 0 Å². The zero-order valence-corrected chi connectivity index (χ0v) is 23.0. The van der Waals surface area contributed by atoms with Gasteiger partial charge in [-0.15, -0.1) is 0 Å². The minimum absolute atomic E-state index is 0.0176. The number of carboxylic acid groups (broad SMARTS) is 2. The largest absolute Gasteiger partial charge is 0.481 e. The third-order valence-electron chi connectivity index (χ3n) is 7.53. The van der Waals surface area contributed by atoms with Crippen molar-refractivity contribution in [3.8, 4) is 0 Å². The van der Waals surface area contributed by atoms with Gasteiger partial charge in [-0.3, -0.25) is 9.59 Å². The van der Waals surface area contributed by atoms with Crippen LogP contribution in [0.5, 0.6) is 0 Å². The molecule has 40 heavy (non-hydrogen) atoms. The predicted molar refractivity (Wildman–Crippen MR) is 138 cm³/mol. The molecule has 9 nitrogen and oxygen atoms in total. The van der Waals surface area contributed by atoms with E-state index in [1.165, 1.54) is 19.9 Å². The lowest BCUT2D eigenvalue weighted by atomic mass is 9.48. The summed E-state index contributed by atoms with van der Waals surface area (Å²) in [6.45, 7) is 2.20. The van der Waals surface area contributed by atoms with Crippen molar-refractivity contribution < 1.29 is 41.8 Å². The molecule has 0 saturated carbocycles. The van der Waals surface area contributed by atoms with E-state index in [1.807, 2.05) is 0 Å². The number of piperidine rings is 1. The van der Waals surface area contributed by atoms with E-state index >= 15 is 4.39 Å². The summed E-state index contributed by atoms with van der Waals surface area (Å²) in [7, 11) is 0. The minimum Gasteiger partial charge on any atom is -0.481 e. The van der Waals surface area contributed by atoms with Crippen LogP contribution in [0.2, 0.25) is 5.02 Å². The molecule has 1 fully saturated rings. The third-order valence-corrected chi connectivity index (χ3v) is 8.69. The van der Waals surface area contributed by atoms with E-state index in [0.29, 0.717) is 12.1 Å². The molecule has 16 heteroatoms. The van der Waals surface area contributed by atoms with Crippen molar-refractivity contribution in [2.24, 2.45) is 16.7 Å². The highest BCUT2D eigenvalue weighted by molar-refractivity contribution is 7.99. The Kier molecular flexibility index (Phi) is 8.82. The van der Waals surface area contributed by atoms with Crippen molar-refractivity contribution in [1.82, 2.24) is 15.3 Å². The quantitative estimate of drug-likeness (QED) is 0.164. The molecule has 0 aliphatic carbocycles. The topological polar surface area (TPSA) is 164 Å². The standard InChI is InChI=1S/C24H27ClF5N5O4S/c1-9(2)23(20(38)39)14(8-40-21-34-15(31)6-16(32)35-21)33-13(7-26)22(3,19(36)37)18(23)17-11(24(28,29)30)4-10(25)5-12(17)27/h4-6,9,13-14,18,33H,7-8H2,1-3H3,(H,36,37)(H,38,39)(H4,31,32,34,35). The SMILES string of the molecule is CC(C)C1(C(=O)O)C(CSc2nc(N)cc(N)n2)NC(CF)C(C)(C(=O)O)C1c1c(F)cc(Cl)cc1C(F)(F)F. The number of alkyl halides is 4. The van der Waals surface area contributed by atoms with Gasteiger partial charge >= 0.3 is 18.1 Å². The lowest BCUT2D eigenvalue weighted by Gasteiger charge is -2.58. The fourth-order valence-corrected chi connectivity index (χ4v) is 6.94. The molecular formula is C24H27ClF5N5O4S. The first-order chi connectivity index (χ1) is 18.4. The molecular weight excluding hydrogens is 585 g/mol. The Morgan fingerprint density at radius 1 is 1.12 bits per heavy atom. The number of nitrogen functional groups attached to an aromatic ring is 2. The van der Waals surface area contributed by atoms with Gasteiger partial charge in [-0.25, -0.2) is 18.7 Å². The molecule has 1 aliphatic rings. The highest BCUT2D eigenvalue weighted by Crippen LogP contribution is 2.61. The molecule has 5 unspecified atom stereocenters. The van der Waals surface area contributed by atoms with Crippen LogP contribution in [0.3, 0.4) is 0 Å². The number of hydrogen-bond acceptors (Lipinski definition) is 8. The zero-order chi connectivity index (χ0) is 30.4. The summed E-state index contributed by atoms with van der Waals surface area (Å²) >= 11 is 6.55. The van der Waals surface area contributed by atoms with Crippen LogP contribution in [-0.2, 0) is 15.8 Å². The number of halogens is 6. The van der Waals surface area contributed by atoms with Crippen molar-refractivity contribution in [1.29, 1.82) is 0 Å². The number of carboxylic acids is 2. The van der Waals surface area contributed by atoms with E-state index in [1.54, 1.807) is 0 Å². The maximum absolute atomic E-state index is 15.7. The number of aromatic nitrogens is 2. The van der Waals surface area contributed by atoms with Gasteiger partial charge in [0.25, 0.3) is 0 Å². The molecule has 7 N–H and O–H groups in total. The van der Waals surface area contributed by atoms with Crippen molar-refractivity contribution in [3.05, 3.63) is 40.2 Å². The van der Waals surface area contributed by atoms with Gasteiger partial charge in [0.1, 0.15) is 24.1 Å². The van der Waals surface area contributed by atoms with Crippen LogP contribution < -0.4 is 16.8 Å². The van der Waals surface area contributed by atoms with Crippen molar-refractivity contribution >= 4 is 46.9 Å². The lowest BCUT2D eigenvalue weighted by molar-refractivity contribution is -0.178. The average molecular weight is 612 g/mol. The van der Waals surface area contributed by atoms with E-state index in [0.717, 1.165) is 18.7 Å². The van der Waals surface area contributed by atoms with Crippen molar-refractivity contribution in [3.63, 3.8) is 0 Å². The Balaban J connectivity index is 2.41. The van der Waals surface area contributed by atoms with Crippen LogP contribution in [0, 0.1) is 22.6 Å². The molecule has 220 valence electrons. The summed E-state index contributed by atoms with van der Waals surface area (Å²) in [4.78, 5) is 34.0. The van der Waals surface area contributed by atoms with E-state index in [2.05, 4.69) is 15.3 Å². The Labute approximate surface area is 234 Å². The first-order valence-electron chi connectivity index (χ1n) is 11.8. The zero-order valence-electron chi connectivity index (χ0n) is 21.4. The van der Waals surface area contributed by atoms with Crippen LogP contribution in [-0.4, -0.2) is 56.6 Å². The van der Waals surface area contributed by atoms with Gasteiger partial charge < -0.3 is 27.0 Å². The Morgan fingerprint density at radius 3 is 2.15 bits per heavy atom. The molecule has 0 bridgehead atoms. The molecule has 5 atom stereocenters. The van der Waals surface area contributed by atoms with Gasteiger partial charge in [0, 0.05) is 34.4 Å². The number of hydrogen-bond donors (Lipinski definition) is 5. The van der Waals surface area contributed by atoms with Gasteiger partial charge in [0.05, 0.1) is 22.4 Å². The summed E-state index contributed by atoms with van der Waals surface area (Å²) in [6.07, 6.45) is -5.27. The number of rotatable bonds is 8. The monoisotopic (exact) mass is 611 g/mol. The van der Waals surface area contributed by atoms with Gasteiger partial charge in [-0.05, 0) is 25.0 Å². The first-order valence-corrected chi connectivity index (χ1v) is 13.2. The van der Waals surface area contributed by atoms with Gasteiger partial charge in [0.15, 0.2) is 5.16 Å². The van der Waals surface area contributed by atoms with E-state index in [-0.39, 0.29) is 22.5 Å². The smallest absolute Gasteiger partial charge is 0.416 e. The molecule has 1 aromatic heterocycles. The predicted octanol–water partition coefficient (Wildman–Crippen LogP) is 4.46. The summed E-state index contributed by atoms with van der Waals surface area (Å²) in [6, 6.07) is -0.950. The van der Waals surface area contributed by atoms with Crippen LogP contribution in [0.4, 0.5) is 33.6 Å². The third kappa shape index (κ3) is 5.26. The summed E-state index contributed by atoms with van der Waals surface area (Å²) in [5, 5.41) is 23.1. The van der Waals surface area contributed by atoms with Crippen LogP contribution in [0.1, 0.15) is 37.8 Å². The number of nitrogens with one attached hydrogen (secondary N) is 1. The van der Waals surface area contributed by atoms with Gasteiger partial charge in [-0.1, -0.05) is 37.2 Å². The number of nitrogens with zero attached hydrogens (tertiary/aromatic N) is 2. The summed E-state index contributed by atoms with van der Waals surface area (Å²) in [5.74, 6) is -8.80. The molecule has 2 heterocycles. The van der Waals surface area contributed by atoms with Crippen LogP contribution >= 0.6 is 23.4 Å². The molecule has 2 aromatic rings. The average Bonchev–Trinajstić information content (AvgIpc) is 2.81. The molecule has 1 saturated heterocycles. The maximum Gasteiger partial charge on any atom is 0.416 e. The summed E-state index contributed by atoms with van der Waals surface area (Å²) in [5.41, 5.74) is 3.48. The Bertz CT molecular complexity index is 1300. The van der Waals surface area contributed by atoms with Crippen molar-refractivity contribution in [2.45, 2.75) is 50.1 Å². The Hall–Kier alpha value is -2.91. The summed E-state index contributed by atoms with van der Waals surface area (Å²) < 4.78 is 73.2. The highest BCUT2D eigenvalue weighted by Gasteiger charge is 2.69. The fourth-order valence-electron chi connectivity index (χ4n) is 5.71. The molecule has 0 spiro atoms. The van der Waals surface area contributed by atoms with Gasteiger partial charge in [0.2, 0.25) is 0 Å². The van der Waals surface area contributed by atoms with E-state index < -0.39 is 81.5 Å². The maximum atomic E-state index is 15.7. The van der Waals surface area contributed by atoms with Gasteiger partial charge in [-0.2, -0.15) is 13.2 Å². The number of aliphatic carboxylic acids is 2. The molecule has 1 aromatic carbocycles. The molecule has 0 radical (unpaired) electrons. The van der Waals surface area contributed by atoms with E-state index in [4.69, 9.17) is 23.1 Å². The highest BCUT2D eigenvalue weighted by atomic mass is 35.5. The number of anilines is 2. The second-order valence-electron chi connectivity index (χ2n) is 10.00. The number of carbonyl (C=O) groups is 2. The second-order valence-corrected chi connectivity index (χ2v) is 11.4. The normalized spacial score (nSPS) is 27.1. The molecule has 0 amide bonds. The fraction of sp³-hybridized carbons (Fsp3) is 0.500. The van der Waals surface area contributed by atoms with Crippen molar-refractivity contribution in [2.75, 3.05) is 23.9 Å². The second kappa shape index (κ2) is 11.2. The number of benzene rings is 1. The molecule has 1 aliphatic heterocycles. The minimum atomic E-state index is -5.27. The number of thioether (sulfide) groups is 1. The first kappa shape index (κ1) is 31.6.